The second-order valence-electron chi connectivity index (χ2n) is 6.19. The van der Waals surface area contributed by atoms with Crippen LogP contribution in [0.5, 0.6) is 0 Å². The maximum absolute atomic E-state index is 12.5. The summed E-state index contributed by atoms with van der Waals surface area (Å²) in [6, 6.07) is 9.24. The molecule has 4 heterocycles. The van der Waals surface area contributed by atoms with Gasteiger partial charge in [-0.15, -0.1) is 0 Å². The van der Waals surface area contributed by atoms with Crippen molar-refractivity contribution in [2.45, 2.75) is 18.9 Å². The Kier molecular flexibility index (Phi) is 3.12. The van der Waals surface area contributed by atoms with Crippen LogP contribution in [0.1, 0.15) is 29.0 Å². The first-order valence-electron chi connectivity index (χ1n) is 7.70. The summed E-state index contributed by atoms with van der Waals surface area (Å²) in [6.45, 7) is 3.27. The molecule has 3 saturated heterocycles. The number of amides is 1. The average Bonchev–Trinajstić information content (AvgIpc) is 2.98. The largest absolute Gasteiger partial charge is 0.446 e. The van der Waals surface area contributed by atoms with Crippen LogP contribution in [0, 0.1) is 17.2 Å². The Morgan fingerprint density at radius 1 is 1.32 bits per heavy atom. The molecule has 3 aliphatic heterocycles. The van der Waals surface area contributed by atoms with Crippen molar-refractivity contribution in [3.05, 3.63) is 35.6 Å². The van der Waals surface area contributed by atoms with Gasteiger partial charge in [0.25, 0.3) is 5.91 Å². The van der Waals surface area contributed by atoms with Crippen LogP contribution in [-0.2, 0) is 0 Å². The number of benzene rings is 1. The minimum absolute atomic E-state index is 0.0597. The van der Waals surface area contributed by atoms with Gasteiger partial charge in [0.2, 0.25) is 5.76 Å². The third-order valence-electron chi connectivity index (χ3n) is 4.87. The van der Waals surface area contributed by atoms with Gasteiger partial charge < -0.3 is 14.6 Å². The van der Waals surface area contributed by atoms with E-state index < -0.39 is 0 Å². The molecule has 1 N–H and O–H groups in total. The molecule has 0 radical (unpaired) electrons. The molecular formula is C17H17N3O2. The van der Waals surface area contributed by atoms with Gasteiger partial charge in [-0.25, -0.2) is 0 Å². The van der Waals surface area contributed by atoms with Crippen LogP contribution in [0.25, 0.3) is 11.0 Å². The first-order chi connectivity index (χ1) is 10.7. The number of carbonyl (C=O) groups excluding carboxylic acids is 1. The molecule has 112 valence electrons. The van der Waals surface area contributed by atoms with E-state index in [1.165, 1.54) is 12.8 Å². The highest BCUT2D eigenvalue weighted by atomic mass is 16.3. The number of piperidine rings is 3. The monoisotopic (exact) mass is 295 g/mol. The number of nitriles is 1. The van der Waals surface area contributed by atoms with Gasteiger partial charge in [-0.1, -0.05) is 6.07 Å². The minimum Gasteiger partial charge on any atom is -0.446 e. The van der Waals surface area contributed by atoms with Crippen LogP contribution < -0.4 is 5.32 Å². The van der Waals surface area contributed by atoms with E-state index in [-0.39, 0.29) is 17.7 Å². The van der Waals surface area contributed by atoms with Crippen molar-refractivity contribution in [2.24, 2.45) is 5.92 Å². The fourth-order valence-electron chi connectivity index (χ4n) is 3.61. The van der Waals surface area contributed by atoms with E-state index >= 15 is 0 Å². The number of hydrogen-bond acceptors (Lipinski definition) is 4. The number of nitrogens with one attached hydrogen (secondary N) is 1. The second-order valence-corrected chi connectivity index (χ2v) is 6.19. The van der Waals surface area contributed by atoms with Crippen molar-refractivity contribution in [3.63, 3.8) is 0 Å². The fraction of sp³-hybridized carbons (Fsp3) is 0.412. The number of rotatable bonds is 2. The first kappa shape index (κ1) is 13.4. The highest BCUT2D eigenvalue weighted by Gasteiger charge is 2.34. The molecule has 0 spiro atoms. The standard InChI is InChI=1S/C17H17N3O2/c18-9-14-7-12-1-2-13(8-16(12)22-14)17(21)19-15-10-20-5-3-11(15)4-6-20/h1-2,7-8,11,15H,3-6,10H2,(H,19,21)/t15-/m0/s1. The number of furan rings is 1. The van der Waals surface area contributed by atoms with E-state index in [0.717, 1.165) is 25.0 Å². The van der Waals surface area contributed by atoms with Crippen LogP contribution in [-0.4, -0.2) is 36.5 Å². The maximum atomic E-state index is 12.5. The third kappa shape index (κ3) is 2.26. The lowest BCUT2D eigenvalue weighted by molar-refractivity contribution is 0.0620. The van der Waals surface area contributed by atoms with Crippen molar-refractivity contribution in [1.29, 1.82) is 5.26 Å². The SMILES string of the molecule is N#Cc1cc2ccc(C(=O)N[C@H]3CN4CCC3CC4)cc2o1. The van der Waals surface area contributed by atoms with Gasteiger partial charge in [-0.2, -0.15) is 5.26 Å². The fourth-order valence-corrected chi connectivity index (χ4v) is 3.61. The molecule has 1 amide bonds. The lowest BCUT2D eigenvalue weighted by Crippen LogP contribution is -2.57. The molecular weight excluding hydrogens is 278 g/mol. The molecule has 0 aliphatic carbocycles. The van der Waals surface area contributed by atoms with Crippen LogP contribution in [0.15, 0.2) is 28.7 Å². The zero-order valence-electron chi connectivity index (χ0n) is 12.2. The lowest BCUT2D eigenvalue weighted by Gasteiger charge is -2.44. The van der Waals surface area contributed by atoms with Gasteiger partial charge in [0.15, 0.2) is 0 Å². The molecule has 1 atom stereocenters. The molecule has 0 saturated carbocycles. The average molecular weight is 295 g/mol. The Morgan fingerprint density at radius 3 is 2.82 bits per heavy atom. The summed E-state index contributed by atoms with van der Waals surface area (Å²) in [5, 5.41) is 12.9. The normalized spacial score (nSPS) is 26.8. The first-order valence-corrected chi connectivity index (χ1v) is 7.70. The van der Waals surface area contributed by atoms with Crippen LogP contribution >= 0.6 is 0 Å². The van der Waals surface area contributed by atoms with E-state index in [4.69, 9.17) is 9.68 Å². The van der Waals surface area contributed by atoms with E-state index in [9.17, 15) is 4.79 Å². The number of hydrogen-bond donors (Lipinski definition) is 1. The quantitative estimate of drug-likeness (QED) is 0.921. The van der Waals surface area contributed by atoms with Crippen molar-refractivity contribution in [1.82, 2.24) is 10.2 Å². The van der Waals surface area contributed by atoms with Gasteiger partial charge in [-0.3, -0.25) is 4.79 Å². The number of carbonyl (C=O) groups is 1. The third-order valence-corrected chi connectivity index (χ3v) is 4.87. The van der Waals surface area contributed by atoms with Crippen LogP contribution in [0.3, 0.4) is 0 Å². The Hall–Kier alpha value is -2.32. The molecule has 1 aromatic heterocycles. The van der Waals surface area contributed by atoms with Crippen molar-refractivity contribution >= 4 is 16.9 Å². The molecule has 5 nitrogen and oxygen atoms in total. The molecule has 0 unspecified atom stereocenters. The maximum Gasteiger partial charge on any atom is 0.251 e. The summed E-state index contributed by atoms with van der Waals surface area (Å²) in [5.41, 5.74) is 1.17. The predicted molar refractivity (Wildman–Crippen MR) is 81.3 cm³/mol. The topological polar surface area (TPSA) is 69.3 Å². The zero-order valence-corrected chi connectivity index (χ0v) is 12.2. The van der Waals surface area contributed by atoms with Gasteiger partial charge >= 0.3 is 0 Å². The van der Waals surface area contributed by atoms with Crippen LogP contribution in [0.4, 0.5) is 0 Å². The van der Waals surface area contributed by atoms with E-state index in [1.54, 1.807) is 18.2 Å². The van der Waals surface area contributed by atoms with Crippen molar-refractivity contribution in [2.75, 3.05) is 19.6 Å². The Balaban J connectivity index is 1.54. The minimum atomic E-state index is -0.0597. The number of nitrogens with zero attached hydrogens (tertiary/aromatic N) is 2. The second kappa shape index (κ2) is 5.15. The molecule has 2 aromatic rings. The molecule has 5 heteroatoms. The molecule has 22 heavy (non-hydrogen) atoms. The van der Waals surface area contributed by atoms with Crippen LogP contribution in [0.2, 0.25) is 0 Å². The summed E-state index contributed by atoms with van der Waals surface area (Å²) in [5.74, 6) is 0.812. The summed E-state index contributed by atoms with van der Waals surface area (Å²) in [6.07, 6.45) is 2.35. The predicted octanol–water partition coefficient (Wildman–Crippen LogP) is 2.13. The smallest absolute Gasteiger partial charge is 0.251 e. The molecule has 1 aromatic carbocycles. The van der Waals surface area contributed by atoms with Gasteiger partial charge in [0.05, 0.1) is 0 Å². The van der Waals surface area contributed by atoms with Crippen molar-refractivity contribution < 1.29 is 9.21 Å². The number of fused-ring (bicyclic) bond motifs is 4. The zero-order chi connectivity index (χ0) is 15.1. The van der Waals surface area contributed by atoms with Crippen molar-refractivity contribution in [3.8, 4) is 6.07 Å². The Bertz CT molecular complexity index is 766. The Morgan fingerprint density at radius 2 is 2.14 bits per heavy atom. The summed E-state index contributed by atoms with van der Waals surface area (Å²) < 4.78 is 5.40. The summed E-state index contributed by atoms with van der Waals surface area (Å²) >= 11 is 0. The van der Waals surface area contributed by atoms with E-state index in [1.807, 2.05) is 12.1 Å². The van der Waals surface area contributed by atoms with Gasteiger partial charge in [0.1, 0.15) is 11.7 Å². The van der Waals surface area contributed by atoms with Gasteiger partial charge in [0, 0.05) is 29.6 Å². The summed E-state index contributed by atoms with van der Waals surface area (Å²) in [7, 11) is 0. The van der Waals surface area contributed by atoms with E-state index in [0.29, 0.717) is 17.1 Å². The highest BCUT2D eigenvalue weighted by molar-refractivity contribution is 5.97. The van der Waals surface area contributed by atoms with E-state index in [2.05, 4.69) is 10.2 Å². The Labute approximate surface area is 128 Å². The molecule has 2 bridgehead atoms. The molecule has 3 aliphatic rings. The molecule has 3 fully saturated rings. The molecule has 5 rings (SSSR count). The highest BCUT2D eigenvalue weighted by Crippen LogP contribution is 2.28. The summed E-state index contributed by atoms with van der Waals surface area (Å²) in [4.78, 5) is 14.9. The lowest BCUT2D eigenvalue weighted by atomic mass is 9.84. The van der Waals surface area contributed by atoms with Gasteiger partial charge in [-0.05, 0) is 44.0 Å².